The van der Waals surface area contributed by atoms with Gasteiger partial charge in [0, 0.05) is 22.8 Å². The number of hydrogen-bond acceptors (Lipinski definition) is 5. The maximum atomic E-state index is 12.1. The van der Waals surface area contributed by atoms with Crippen LogP contribution in [0.1, 0.15) is 29.3 Å². The summed E-state index contributed by atoms with van der Waals surface area (Å²) >= 11 is 5.86. The van der Waals surface area contributed by atoms with Gasteiger partial charge in [-0.15, -0.1) is 0 Å². The summed E-state index contributed by atoms with van der Waals surface area (Å²) in [6.07, 6.45) is 0.732. The average molecular weight is 418 g/mol. The third kappa shape index (κ3) is 7.12. The largest absolute Gasteiger partial charge is 0.493 e. The Bertz CT molecular complexity index is 899. The highest BCUT2D eigenvalue weighted by Gasteiger charge is 2.08. The van der Waals surface area contributed by atoms with Crippen LogP contribution in [0.3, 0.4) is 0 Å². The molecule has 0 saturated heterocycles. The Kier molecular flexibility index (Phi) is 8.48. The zero-order chi connectivity index (χ0) is 21.2. The molecular weight excluding hydrogens is 394 g/mol. The fourth-order valence-electron chi connectivity index (χ4n) is 2.56. The SMILES string of the molecule is COc1ccc(CCNC(=O)CC(C)=NNC(=O)c2cccc(Cl)c2)cc1OC. The molecule has 0 fully saturated rings. The number of ether oxygens (including phenoxy) is 2. The molecule has 0 aliphatic heterocycles. The minimum absolute atomic E-state index is 0.0851. The number of methoxy groups -OCH3 is 2. The van der Waals surface area contributed by atoms with E-state index in [9.17, 15) is 9.59 Å². The van der Waals surface area contributed by atoms with Crippen LogP contribution >= 0.6 is 11.6 Å². The molecule has 8 heteroatoms. The second-order valence-electron chi connectivity index (χ2n) is 6.26. The number of hydrazone groups is 1. The van der Waals surface area contributed by atoms with Crippen LogP contribution in [-0.4, -0.2) is 38.3 Å². The molecule has 0 heterocycles. The molecule has 0 radical (unpaired) electrons. The van der Waals surface area contributed by atoms with Gasteiger partial charge in [0.15, 0.2) is 11.5 Å². The van der Waals surface area contributed by atoms with Gasteiger partial charge in [-0.25, -0.2) is 5.43 Å². The van der Waals surface area contributed by atoms with Crippen LogP contribution in [0.2, 0.25) is 5.02 Å². The van der Waals surface area contributed by atoms with Crippen molar-refractivity contribution in [2.75, 3.05) is 20.8 Å². The maximum absolute atomic E-state index is 12.1. The Hall–Kier alpha value is -3.06. The second kappa shape index (κ2) is 11.1. The van der Waals surface area contributed by atoms with Gasteiger partial charge in [0.25, 0.3) is 5.91 Å². The zero-order valence-electron chi connectivity index (χ0n) is 16.6. The normalized spacial score (nSPS) is 11.0. The Balaban J connectivity index is 1.78. The zero-order valence-corrected chi connectivity index (χ0v) is 17.4. The van der Waals surface area contributed by atoms with E-state index in [0.29, 0.717) is 40.8 Å². The van der Waals surface area contributed by atoms with Gasteiger partial charge >= 0.3 is 0 Å². The van der Waals surface area contributed by atoms with E-state index in [1.165, 1.54) is 0 Å². The van der Waals surface area contributed by atoms with Crippen molar-refractivity contribution >= 4 is 29.1 Å². The number of halogens is 1. The summed E-state index contributed by atoms with van der Waals surface area (Å²) in [5.74, 6) is 0.742. The van der Waals surface area contributed by atoms with E-state index >= 15 is 0 Å². The molecule has 2 amide bonds. The predicted octanol–water partition coefficient (Wildman–Crippen LogP) is 3.21. The molecule has 154 valence electrons. The Labute approximate surface area is 175 Å². The molecule has 2 rings (SSSR count). The van der Waals surface area contributed by atoms with Crippen LogP contribution in [0, 0.1) is 0 Å². The van der Waals surface area contributed by atoms with Crippen molar-refractivity contribution in [3.8, 4) is 11.5 Å². The minimum Gasteiger partial charge on any atom is -0.493 e. The molecule has 0 spiro atoms. The number of nitrogens with one attached hydrogen (secondary N) is 2. The van der Waals surface area contributed by atoms with Gasteiger partial charge in [-0.2, -0.15) is 5.10 Å². The minimum atomic E-state index is -0.388. The molecule has 2 N–H and O–H groups in total. The third-order valence-electron chi connectivity index (χ3n) is 4.04. The van der Waals surface area contributed by atoms with Crippen LogP contribution in [0.25, 0.3) is 0 Å². The molecule has 2 aromatic carbocycles. The van der Waals surface area contributed by atoms with E-state index in [1.807, 2.05) is 18.2 Å². The Morgan fingerprint density at radius 3 is 2.52 bits per heavy atom. The number of nitrogens with zero attached hydrogens (tertiary/aromatic N) is 1. The van der Waals surface area contributed by atoms with Crippen LogP contribution < -0.4 is 20.2 Å². The van der Waals surface area contributed by atoms with Crippen LogP contribution in [0.5, 0.6) is 11.5 Å². The molecule has 0 aliphatic carbocycles. The van der Waals surface area contributed by atoms with E-state index in [4.69, 9.17) is 21.1 Å². The average Bonchev–Trinajstić information content (AvgIpc) is 2.71. The summed E-state index contributed by atoms with van der Waals surface area (Å²) in [5.41, 5.74) is 4.32. The molecule has 0 aromatic heterocycles. The number of carbonyl (C=O) groups is 2. The van der Waals surface area contributed by atoms with Gasteiger partial charge < -0.3 is 14.8 Å². The van der Waals surface area contributed by atoms with Crippen molar-refractivity contribution in [2.24, 2.45) is 5.10 Å². The van der Waals surface area contributed by atoms with E-state index in [0.717, 1.165) is 5.56 Å². The lowest BCUT2D eigenvalue weighted by atomic mass is 10.1. The van der Waals surface area contributed by atoms with Crippen molar-refractivity contribution in [3.63, 3.8) is 0 Å². The van der Waals surface area contributed by atoms with Crippen LogP contribution in [-0.2, 0) is 11.2 Å². The van der Waals surface area contributed by atoms with Gasteiger partial charge in [0.2, 0.25) is 5.91 Å². The lowest BCUT2D eigenvalue weighted by molar-refractivity contribution is -0.119. The Morgan fingerprint density at radius 1 is 1.07 bits per heavy atom. The number of carbonyl (C=O) groups excluding carboxylic acids is 2. The molecule has 0 bridgehead atoms. The third-order valence-corrected chi connectivity index (χ3v) is 4.27. The molecule has 29 heavy (non-hydrogen) atoms. The van der Waals surface area contributed by atoms with Crippen molar-refractivity contribution in [1.82, 2.24) is 10.7 Å². The van der Waals surface area contributed by atoms with Crippen LogP contribution in [0.15, 0.2) is 47.6 Å². The second-order valence-corrected chi connectivity index (χ2v) is 6.70. The van der Waals surface area contributed by atoms with Crippen molar-refractivity contribution in [2.45, 2.75) is 19.8 Å². The van der Waals surface area contributed by atoms with E-state index in [-0.39, 0.29) is 18.2 Å². The van der Waals surface area contributed by atoms with E-state index in [1.54, 1.807) is 45.4 Å². The fourth-order valence-corrected chi connectivity index (χ4v) is 2.75. The molecule has 2 aromatic rings. The van der Waals surface area contributed by atoms with Gasteiger partial charge in [-0.1, -0.05) is 23.7 Å². The van der Waals surface area contributed by atoms with Crippen molar-refractivity contribution in [1.29, 1.82) is 0 Å². The number of hydrogen-bond donors (Lipinski definition) is 2. The summed E-state index contributed by atoms with van der Waals surface area (Å²) in [5, 5.41) is 7.26. The van der Waals surface area contributed by atoms with Gasteiger partial charge in [-0.3, -0.25) is 9.59 Å². The number of benzene rings is 2. The Morgan fingerprint density at radius 2 is 1.83 bits per heavy atom. The van der Waals surface area contributed by atoms with Gasteiger partial charge in [-0.05, 0) is 49.2 Å². The first kappa shape index (κ1) is 22.2. The summed E-state index contributed by atoms with van der Waals surface area (Å²) in [4.78, 5) is 24.1. The number of amides is 2. The summed E-state index contributed by atoms with van der Waals surface area (Å²) < 4.78 is 10.5. The first-order valence-electron chi connectivity index (χ1n) is 8.99. The molecule has 0 atom stereocenters. The molecule has 7 nitrogen and oxygen atoms in total. The lowest BCUT2D eigenvalue weighted by Gasteiger charge is -2.10. The first-order chi connectivity index (χ1) is 13.9. The standard InChI is InChI=1S/C21H24ClN3O4/c1-14(24-25-21(27)16-5-4-6-17(22)13-16)11-20(26)23-10-9-15-7-8-18(28-2)19(12-15)29-3/h4-8,12-13H,9-11H2,1-3H3,(H,23,26)(H,25,27). The monoisotopic (exact) mass is 417 g/mol. The molecular formula is C21H24ClN3O4. The van der Waals surface area contributed by atoms with Crippen molar-refractivity contribution < 1.29 is 19.1 Å². The quantitative estimate of drug-likeness (QED) is 0.484. The first-order valence-corrected chi connectivity index (χ1v) is 9.37. The van der Waals surface area contributed by atoms with Gasteiger partial charge in [0.05, 0.1) is 20.6 Å². The lowest BCUT2D eigenvalue weighted by Crippen LogP contribution is -2.28. The van der Waals surface area contributed by atoms with Gasteiger partial charge in [0.1, 0.15) is 0 Å². The van der Waals surface area contributed by atoms with E-state index < -0.39 is 0 Å². The highest BCUT2D eigenvalue weighted by atomic mass is 35.5. The number of rotatable bonds is 9. The maximum Gasteiger partial charge on any atom is 0.271 e. The van der Waals surface area contributed by atoms with E-state index in [2.05, 4.69) is 15.8 Å². The highest BCUT2D eigenvalue weighted by molar-refractivity contribution is 6.30. The fraction of sp³-hybridized carbons (Fsp3) is 0.286. The molecule has 0 unspecified atom stereocenters. The summed E-state index contributed by atoms with van der Waals surface area (Å²) in [6, 6.07) is 12.2. The molecule has 0 aliphatic rings. The topological polar surface area (TPSA) is 89.0 Å². The summed E-state index contributed by atoms with van der Waals surface area (Å²) in [7, 11) is 3.16. The van der Waals surface area contributed by atoms with Crippen LogP contribution in [0.4, 0.5) is 0 Å². The molecule has 0 saturated carbocycles. The summed E-state index contributed by atoms with van der Waals surface area (Å²) in [6.45, 7) is 2.14. The smallest absolute Gasteiger partial charge is 0.271 e. The highest BCUT2D eigenvalue weighted by Crippen LogP contribution is 2.27. The van der Waals surface area contributed by atoms with Crippen molar-refractivity contribution in [3.05, 3.63) is 58.6 Å². The predicted molar refractivity (Wildman–Crippen MR) is 113 cm³/mol.